The molecule has 3 aromatic rings. The van der Waals surface area contributed by atoms with Gasteiger partial charge in [0.1, 0.15) is 17.4 Å². The number of hydrogen-bond acceptors (Lipinski definition) is 3. The van der Waals surface area contributed by atoms with Crippen molar-refractivity contribution in [2.24, 2.45) is 0 Å². The lowest BCUT2D eigenvalue weighted by Crippen LogP contribution is -2.13. The zero-order valence-electron chi connectivity index (χ0n) is 17.4. The van der Waals surface area contributed by atoms with Gasteiger partial charge in [0.05, 0.1) is 7.11 Å². The predicted octanol–water partition coefficient (Wildman–Crippen LogP) is 5.45. The van der Waals surface area contributed by atoms with Gasteiger partial charge in [0.15, 0.2) is 0 Å². The normalized spacial score (nSPS) is 10.9. The molecule has 1 N–H and O–H groups in total. The van der Waals surface area contributed by atoms with Gasteiger partial charge in [-0.05, 0) is 67.3 Å². The van der Waals surface area contributed by atoms with E-state index in [4.69, 9.17) is 4.74 Å². The van der Waals surface area contributed by atoms with E-state index in [1.54, 1.807) is 25.3 Å². The largest absolute Gasteiger partial charge is 0.497 e. The standard InChI is InChI=1S/C26H24N2O2/c1-18-11-19(2)13-20(12-18)14-22-16-25(30-3)10-9-21(22)15-23(17-27)26(29)28-24-7-5-4-6-8-24/h4-13,15-16H,14H2,1-3H3,(H,28,29)/b23-15+. The molecule has 0 spiro atoms. The maximum Gasteiger partial charge on any atom is 0.266 e. The number of anilines is 1. The Morgan fingerprint density at radius 3 is 2.37 bits per heavy atom. The monoisotopic (exact) mass is 396 g/mol. The Bertz CT molecular complexity index is 1110. The van der Waals surface area contributed by atoms with Gasteiger partial charge < -0.3 is 10.1 Å². The van der Waals surface area contributed by atoms with Crippen LogP contribution in [-0.2, 0) is 11.2 Å². The van der Waals surface area contributed by atoms with Crippen LogP contribution in [0.15, 0.2) is 72.3 Å². The lowest BCUT2D eigenvalue weighted by atomic mass is 9.96. The lowest BCUT2D eigenvalue weighted by Gasteiger charge is -2.11. The second kappa shape index (κ2) is 9.58. The fraction of sp³-hybridized carbons (Fsp3) is 0.154. The highest BCUT2D eigenvalue weighted by molar-refractivity contribution is 6.09. The van der Waals surface area contributed by atoms with Crippen LogP contribution >= 0.6 is 0 Å². The molecule has 0 saturated carbocycles. The van der Waals surface area contributed by atoms with Crippen molar-refractivity contribution in [2.75, 3.05) is 12.4 Å². The second-order valence-corrected chi connectivity index (χ2v) is 7.23. The number of carbonyl (C=O) groups excluding carboxylic acids is 1. The van der Waals surface area contributed by atoms with Crippen molar-refractivity contribution < 1.29 is 9.53 Å². The molecule has 1 amide bonds. The van der Waals surface area contributed by atoms with Crippen LogP contribution in [0.3, 0.4) is 0 Å². The zero-order valence-corrected chi connectivity index (χ0v) is 17.4. The first kappa shape index (κ1) is 20.9. The molecule has 0 radical (unpaired) electrons. The molecule has 0 heterocycles. The van der Waals surface area contributed by atoms with E-state index in [0.717, 1.165) is 16.9 Å². The number of para-hydroxylation sites is 1. The molecule has 0 bridgehead atoms. The summed E-state index contributed by atoms with van der Waals surface area (Å²) < 4.78 is 5.39. The van der Waals surface area contributed by atoms with Gasteiger partial charge in [-0.2, -0.15) is 5.26 Å². The number of benzene rings is 3. The van der Waals surface area contributed by atoms with Gasteiger partial charge in [0, 0.05) is 5.69 Å². The van der Waals surface area contributed by atoms with Crippen molar-refractivity contribution in [1.29, 1.82) is 5.26 Å². The Morgan fingerprint density at radius 1 is 1.03 bits per heavy atom. The molecule has 0 aliphatic carbocycles. The van der Waals surface area contributed by atoms with Crippen LogP contribution in [0, 0.1) is 25.2 Å². The summed E-state index contributed by atoms with van der Waals surface area (Å²) in [7, 11) is 1.62. The summed E-state index contributed by atoms with van der Waals surface area (Å²) in [6.45, 7) is 4.15. The molecular formula is C26H24N2O2. The number of amides is 1. The molecule has 0 aliphatic heterocycles. The van der Waals surface area contributed by atoms with Gasteiger partial charge in [-0.1, -0.05) is 53.6 Å². The minimum absolute atomic E-state index is 0.0469. The third-order valence-electron chi connectivity index (χ3n) is 4.72. The van der Waals surface area contributed by atoms with Gasteiger partial charge >= 0.3 is 0 Å². The third-order valence-corrected chi connectivity index (χ3v) is 4.72. The third kappa shape index (κ3) is 5.36. The molecule has 0 saturated heterocycles. The van der Waals surface area contributed by atoms with Crippen LogP contribution in [-0.4, -0.2) is 13.0 Å². The van der Waals surface area contributed by atoms with Gasteiger partial charge in [-0.25, -0.2) is 0 Å². The van der Waals surface area contributed by atoms with Crippen LogP contribution in [0.25, 0.3) is 6.08 Å². The number of nitrogens with one attached hydrogen (secondary N) is 1. The Hall–Kier alpha value is -3.84. The maximum absolute atomic E-state index is 12.6. The zero-order chi connectivity index (χ0) is 21.5. The highest BCUT2D eigenvalue weighted by Gasteiger charge is 2.12. The fourth-order valence-corrected chi connectivity index (χ4v) is 3.42. The van der Waals surface area contributed by atoms with E-state index in [-0.39, 0.29) is 5.57 Å². The summed E-state index contributed by atoms with van der Waals surface area (Å²) in [5.41, 5.74) is 6.06. The average Bonchev–Trinajstić information content (AvgIpc) is 2.72. The van der Waals surface area contributed by atoms with E-state index < -0.39 is 5.91 Å². The second-order valence-electron chi connectivity index (χ2n) is 7.23. The predicted molar refractivity (Wildman–Crippen MR) is 120 cm³/mol. The summed E-state index contributed by atoms with van der Waals surface area (Å²) in [4.78, 5) is 12.6. The average molecular weight is 396 g/mol. The minimum atomic E-state index is -0.433. The first-order valence-corrected chi connectivity index (χ1v) is 9.71. The SMILES string of the molecule is COc1ccc(/C=C(\C#N)C(=O)Nc2ccccc2)c(Cc2cc(C)cc(C)c2)c1. The van der Waals surface area contributed by atoms with Gasteiger partial charge in [0.25, 0.3) is 5.91 Å². The molecule has 0 aromatic heterocycles. The summed E-state index contributed by atoms with van der Waals surface area (Å²) >= 11 is 0. The molecule has 4 nitrogen and oxygen atoms in total. The first-order chi connectivity index (χ1) is 14.5. The topological polar surface area (TPSA) is 62.1 Å². The number of methoxy groups -OCH3 is 1. The molecule has 0 atom stereocenters. The Morgan fingerprint density at radius 2 is 1.73 bits per heavy atom. The molecule has 150 valence electrons. The van der Waals surface area contributed by atoms with Crippen LogP contribution in [0.4, 0.5) is 5.69 Å². The van der Waals surface area contributed by atoms with Crippen LogP contribution < -0.4 is 10.1 Å². The van der Waals surface area contributed by atoms with Crippen LogP contribution in [0.1, 0.15) is 27.8 Å². The van der Waals surface area contributed by atoms with Gasteiger partial charge in [-0.3, -0.25) is 4.79 Å². The number of aryl methyl sites for hydroxylation is 2. The Balaban J connectivity index is 1.95. The van der Waals surface area contributed by atoms with E-state index in [9.17, 15) is 10.1 Å². The highest BCUT2D eigenvalue weighted by atomic mass is 16.5. The van der Waals surface area contributed by atoms with E-state index >= 15 is 0 Å². The fourth-order valence-electron chi connectivity index (χ4n) is 3.42. The summed E-state index contributed by atoms with van der Waals surface area (Å²) in [5, 5.41) is 12.4. The summed E-state index contributed by atoms with van der Waals surface area (Å²) in [6.07, 6.45) is 2.31. The smallest absolute Gasteiger partial charge is 0.266 e. The quantitative estimate of drug-likeness (QED) is 0.445. The van der Waals surface area contributed by atoms with Crippen molar-refractivity contribution in [3.63, 3.8) is 0 Å². The molecule has 0 unspecified atom stereocenters. The van der Waals surface area contributed by atoms with Crippen LogP contribution in [0.5, 0.6) is 5.75 Å². The van der Waals surface area contributed by atoms with E-state index in [2.05, 4.69) is 37.4 Å². The number of hydrogen-bond donors (Lipinski definition) is 1. The van der Waals surface area contributed by atoms with E-state index in [0.29, 0.717) is 12.1 Å². The number of nitrogens with zero attached hydrogens (tertiary/aromatic N) is 1. The number of rotatable bonds is 6. The number of ether oxygens (including phenoxy) is 1. The number of nitriles is 1. The summed E-state index contributed by atoms with van der Waals surface area (Å²) in [5.74, 6) is 0.302. The molecule has 30 heavy (non-hydrogen) atoms. The van der Waals surface area contributed by atoms with E-state index in [1.807, 2.05) is 42.5 Å². The Kier molecular flexibility index (Phi) is 6.67. The first-order valence-electron chi connectivity index (χ1n) is 9.71. The van der Waals surface area contributed by atoms with E-state index in [1.165, 1.54) is 16.7 Å². The number of carbonyl (C=O) groups is 1. The van der Waals surface area contributed by atoms with Gasteiger partial charge in [0.2, 0.25) is 0 Å². The van der Waals surface area contributed by atoms with Crippen molar-refractivity contribution in [3.05, 3.63) is 100 Å². The van der Waals surface area contributed by atoms with Gasteiger partial charge in [-0.15, -0.1) is 0 Å². The lowest BCUT2D eigenvalue weighted by molar-refractivity contribution is -0.112. The van der Waals surface area contributed by atoms with Crippen molar-refractivity contribution >= 4 is 17.7 Å². The Labute approximate surface area is 177 Å². The minimum Gasteiger partial charge on any atom is -0.497 e. The maximum atomic E-state index is 12.6. The molecule has 4 heteroatoms. The molecule has 3 aromatic carbocycles. The molecular weight excluding hydrogens is 372 g/mol. The summed E-state index contributed by atoms with van der Waals surface area (Å²) in [6, 6.07) is 23.2. The van der Waals surface area contributed by atoms with Crippen molar-refractivity contribution in [1.82, 2.24) is 0 Å². The molecule has 0 fully saturated rings. The molecule has 3 rings (SSSR count). The molecule has 0 aliphatic rings. The van der Waals surface area contributed by atoms with Crippen molar-refractivity contribution in [3.8, 4) is 11.8 Å². The highest BCUT2D eigenvalue weighted by Crippen LogP contribution is 2.24. The van der Waals surface area contributed by atoms with Crippen molar-refractivity contribution in [2.45, 2.75) is 20.3 Å². The van der Waals surface area contributed by atoms with Crippen LogP contribution in [0.2, 0.25) is 0 Å².